The van der Waals surface area contributed by atoms with Gasteiger partial charge in [-0.3, -0.25) is 0 Å². The molecule has 0 saturated carbocycles. The quantitative estimate of drug-likeness (QED) is 0.830. The maximum absolute atomic E-state index is 6.23. The fraction of sp³-hybridized carbons (Fsp3) is 0.294. The molecular weight excluding hydrogens is 305 g/mol. The fourth-order valence-electron chi connectivity index (χ4n) is 2.22. The molecule has 0 heterocycles. The van der Waals surface area contributed by atoms with Gasteiger partial charge in [0.1, 0.15) is 5.75 Å². The van der Waals surface area contributed by atoms with E-state index in [1.165, 1.54) is 5.56 Å². The van der Waals surface area contributed by atoms with Gasteiger partial charge in [-0.2, -0.15) is 0 Å². The van der Waals surface area contributed by atoms with Gasteiger partial charge in [-0.1, -0.05) is 41.4 Å². The molecule has 2 aromatic rings. The van der Waals surface area contributed by atoms with E-state index in [0.29, 0.717) is 12.6 Å². The van der Waals surface area contributed by atoms with E-state index in [1.807, 2.05) is 30.3 Å². The summed E-state index contributed by atoms with van der Waals surface area (Å²) in [7, 11) is 1.66. The lowest BCUT2D eigenvalue weighted by molar-refractivity contribution is 0.405. The Morgan fingerprint density at radius 3 is 2.48 bits per heavy atom. The Balaban J connectivity index is 1.95. The molecule has 2 rings (SSSR count). The van der Waals surface area contributed by atoms with Crippen molar-refractivity contribution < 1.29 is 4.74 Å². The van der Waals surface area contributed by atoms with Crippen LogP contribution in [0.25, 0.3) is 0 Å². The van der Waals surface area contributed by atoms with Crippen LogP contribution in [0.15, 0.2) is 42.5 Å². The lowest BCUT2D eigenvalue weighted by Gasteiger charge is -2.16. The number of rotatable bonds is 6. The zero-order chi connectivity index (χ0) is 15.2. The van der Waals surface area contributed by atoms with Gasteiger partial charge in [-0.25, -0.2) is 0 Å². The minimum atomic E-state index is 0.326. The molecule has 2 nitrogen and oxygen atoms in total. The first-order chi connectivity index (χ1) is 10.1. The summed E-state index contributed by atoms with van der Waals surface area (Å²) >= 11 is 12.1. The van der Waals surface area contributed by atoms with Crippen LogP contribution >= 0.6 is 23.2 Å². The SMILES string of the molecule is COc1cccc(Cl)c1CNC(C)Cc1ccc(Cl)cc1. The van der Waals surface area contributed by atoms with Gasteiger partial charge in [0, 0.05) is 28.2 Å². The summed E-state index contributed by atoms with van der Waals surface area (Å²) in [4.78, 5) is 0. The van der Waals surface area contributed by atoms with Gasteiger partial charge >= 0.3 is 0 Å². The van der Waals surface area contributed by atoms with Crippen molar-refractivity contribution >= 4 is 23.2 Å². The van der Waals surface area contributed by atoms with Gasteiger partial charge in [0.25, 0.3) is 0 Å². The van der Waals surface area contributed by atoms with Crippen LogP contribution < -0.4 is 10.1 Å². The van der Waals surface area contributed by atoms with Gasteiger partial charge in [0.05, 0.1) is 7.11 Å². The largest absolute Gasteiger partial charge is 0.496 e. The van der Waals surface area contributed by atoms with Crippen molar-refractivity contribution in [2.75, 3.05) is 7.11 Å². The van der Waals surface area contributed by atoms with Crippen LogP contribution in [0.4, 0.5) is 0 Å². The molecule has 1 unspecified atom stereocenters. The molecule has 1 atom stereocenters. The molecule has 0 aliphatic rings. The van der Waals surface area contributed by atoms with Gasteiger partial charge in [-0.15, -0.1) is 0 Å². The topological polar surface area (TPSA) is 21.3 Å². The van der Waals surface area contributed by atoms with E-state index in [0.717, 1.165) is 27.8 Å². The van der Waals surface area contributed by atoms with Gasteiger partial charge in [-0.05, 0) is 43.2 Å². The predicted octanol–water partition coefficient (Wildman–Crippen LogP) is 4.72. The van der Waals surface area contributed by atoms with Gasteiger partial charge < -0.3 is 10.1 Å². The second-order valence-corrected chi connectivity index (χ2v) is 5.88. The van der Waals surface area contributed by atoms with Crippen molar-refractivity contribution in [3.05, 3.63) is 63.6 Å². The minimum Gasteiger partial charge on any atom is -0.496 e. The van der Waals surface area contributed by atoms with E-state index in [-0.39, 0.29) is 0 Å². The van der Waals surface area contributed by atoms with E-state index in [1.54, 1.807) is 7.11 Å². The summed E-state index contributed by atoms with van der Waals surface area (Å²) in [6.45, 7) is 2.83. The van der Waals surface area contributed by atoms with Crippen molar-refractivity contribution in [2.45, 2.75) is 25.9 Å². The Labute approximate surface area is 136 Å². The number of hydrogen-bond donors (Lipinski definition) is 1. The normalized spacial score (nSPS) is 12.2. The zero-order valence-corrected chi connectivity index (χ0v) is 13.7. The Kier molecular flexibility index (Phi) is 5.92. The molecule has 1 N–H and O–H groups in total. The van der Waals surface area contributed by atoms with Crippen molar-refractivity contribution in [3.8, 4) is 5.75 Å². The Morgan fingerprint density at radius 2 is 1.81 bits per heavy atom. The van der Waals surface area contributed by atoms with Crippen LogP contribution in [-0.4, -0.2) is 13.2 Å². The van der Waals surface area contributed by atoms with Crippen LogP contribution in [0.1, 0.15) is 18.1 Å². The van der Waals surface area contributed by atoms with Crippen LogP contribution in [-0.2, 0) is 13.0 Å². The molecule has 0 radical (unpaired) electrons. The Bertz CT molecular complexity index is 584. The van der Waals surface area contributed by atoms with Crippen LogP contribution in [0, 0.1) is 0 Å². The van der Waals surface area contributed by atoms with Gasteiger partial charge in [0.2, 0.25) is 0 Å². The maximum atomic E-state index is 6.23. The number of nitrogens with one attached hydrogen (secondary N) is 1. The van der Waals surface area contributed by atoms with Crippen LogP contribution in [0.3, 0.4) is 0 Å². The number of ether oxygens (including phenoxy) is 1. The standard InChI is InChI=1S/C17H19Cl2NO/c1-12(10-13-6-8-14(18)9-7-13)20-11-15-16(19)4-3-5-17(15)21-2/h3-9,12,20H,10-11H2,1-2H3. The summed E-state index contributed by atoms with van der Waals surface area (Å²) < 4.78 is 5.35. The third kappa shape index (κ3) is 4.63. The molecule has 0 aliphatic carbocycles. The van der Waals surface area contributed by atoms with E-state index < -0.39 is 0 Å². The Hall–Kier alpha value is -1.22. The second-order valence-electron chi connectivity index (χ2n) is 5.03. The summed E-state index contributed by atoms with van der Waals surface area (Å²) in [5, 5.41) is 4.97. The van der Waals surface area contributed by atoms with E-state index in [4.69, 9.17) is 27.9 Å². The first-order valence-electron chi connectivity index (χ1n) is 6.89. The molecule has 0 aromatic heterocycles. The molecule has 0 saturated heterocycles. The highest BCUT2D eigenvalue weighted by Gasteiger charge is 2.09. The minimum absolute atomic E-state index is 0.326. The molecule has 0 bridgehead atoms. The summed E-state index contributed by atoms with van der Waals surface area (Å²) in [5.41, 5.74) is 2.25. The lowest BCUT2D eigenvalue weighted by Crippen LogP contribution is -2.27. The number of hydrogen-bond acceptors (Lipinski definition) is 2. The summed E-state index contributed by atoms with van der Waals surface area (Å²) in [5.74, 6) is 0.814. The van der Waals surface area contributed by atoms with E-state index >= 15 is 0 Å². The van der Waals surface area contributed by atoms with Crippen molar-refractivity contribution in [1.29, 1.82) is 0 Å². The average Bonchev–Trinajstić information content (AvgIpc) is 2.48. The Morgan fingerprint density at radius 1 is 1.10 bits per heavy atom. The van der Waals surface area contributed by atoms with Crippen LogP contribution in [0.2, 0.25) is 10.0 Å². The highest BCUT2D eigenvalue weighted by atomic mass is 35.5. The number of methoxy groups -OCH3 is 1. The molecule has 4 heteroatoms. The summed E-state index contributed by atoms with van der Waals surface area (Å²) in [6.07, 6.45) is 0.934. The molecule has 0 amide bonds. The third-order valence-electron chi connectivity index (χ3n) is 3.38. The predicted molar refractivity (Wildman–Crippen MR) is 89.5 cm³/mol. The number of benzene rings is 2. The summed E-state index contributed by atoms with van der Waals surface area (Å²) in [6, 6.07) is 14.0. The average molecular weight is 324 g/mol. The molecule has 112 valence electrons. The maximum Gasteiger partial charge on any atom is 0.124 e. The zero-order valence-electron chi connectivity index (χ0n) is 12.2. The molecule has 0 spiro atoms. The van der Waals surface area contributed by atoms with E-state index in [2.05, 4.69) is 24.4 Å². The highest BCUT2D eigenvalue weighted by Crippen LogP contribution is 2.26. The van der Waals surface area contributed by atoms with Crippen molar-refractivity contribution in [1.82, 2.24) is 5.32 Å². The van der Waals surface area contributed by atoms with Crippen molar-refractivity contribution in [3.63, 3.8) is 0 Å². The molecular formula is C17H19Cl2NO. The van der Waals surface area contributed by atoms with E-state index in [9.17, 15) is 0 Å². The lowest BCUT2D eigenvalue weighted by atomic mass is 10.1. The molecule has 0 aliphatic heterocycles. The smallest absolute Gasteiger partial charge is 0.124 e. The van der Waals surface area contributed by atoms with Crippen molar-refractivity contribution in [2.24, 2.45) is 0 Å². The molecule has 0 fully saturated rings. The fourth-order valence-corrected chi connectivity index (χ4v) is 2.58. The highest BCUT2D eigenvalue weighted by molar-refractivity contribution is 6.31. The first kappa shape index (κ1) is 16.2. The van der Waals surface area contributed by atoms with Crippen LogP contribution in [0.5, 0.6) is 5.75 Å². The van der Waals surface area contributed by atoms with Gasteiger partial charge in [0.15, 0.2) is 0 Å². The first-order valence-corrected chi connectivity index (χ1v) is 7.65. The third-order valence-corrected chi connectivity index (χ3v) is 3.98. The number of halogens is 2. The second kappa shape index (κ2) is 7.69. The molecule has 21 heavy (non-hydrogen) atoms. The monoisotopic (exact) mass is 323 g/mol. The molecule has 2 aromatic carbocycles.